The molecule has 0 atom stereocenters. The molecule has 0 aliphatic rings. The molecule has 0 saturated carbocycles. The fraction of sp³-hybridized carbons (Fsp3) is 0.333. The lowest BCUT2D eigenvalue weighted by atomic mass is 9.94. The van der Waals surface area contributed by atoms with Gasteiger partial charge >= 0.3 is 12.0 Å². The normalized spacial score (nSPS) is 10.8. The third-order valence-corrected chi connectivity index (χ3v) is 2.64. The molecule has 0 aliphatic carbocycles. The minimum absolute atomic E-state index is 0.414. The number of rotatable bonds is 4. The Morgan fingerprint density at radius 2 is 1.83 bits per heavy atom. The standard InChI is InChI=1S/C12H15ClN2O3/c1-12(2,8-3-5-9(13)6-4-8)15-11(18)14-7-10(16)17/h3-6H,7H2,1-2H3,(H,16,17)(H2,14,15,18). The number of halogens is 1. The summed E-state index contributed by atoms with van der Waals surface area (Å²) in [4.78, 5) is 21.8. The van der Waals surface area contributed by atoms with E-state index in [0.29, 0.717) is 5.02 Å². The number of carbonyl (C=O) groups excluding carboxylic acids is 1. The maximum atomic E-state index is 11.5. The van der Waals surface area contributed by atoms with Crippen LogP contribution in [0.4, 0.5) is 4.79 Å². The Kier molecular flexibility index (Phi) is 4.55. The van der Waals surface area contributed by atoms with Gasteiger partial charge in [-0.25, -0.2) is 4.79 Å². The summed E-state index contributed by atoms with van der Waals surface area (Å²) in [5.41, 5.74) is 0.255. The first kappa shape index (κ1) is 14.3. The zero-order valence-corrected chi connectivity index (χ0v) is 10.9. The second-order valence-corrected chi connectivity index (χ2v) is 4.77. The first-order valence-corrected chi connectivity index (χ1v) is 5.73. The van der Waals surface area contributed by atoms with Crippen LogP contribution in [0.2, 0.25) is 5.02 Å². The quantitative estimate of drug-likeness (QED) is 0.783. The van der Waals surface area contributed by atoms with E-state index in [2.05, 4.69) is 10.6 Å². The molecule has 1 aromatic carbocycles. The molecule has 0 fully saturated rings. The molecule has 6 heteroatoms. The largest absolute Gasteiger partial charge is 0.480 e. The first-order valence-electron chi connectivity index (χ1n) is 5.35. The lowest BCUT2D eigenvalue weighted by Crippen LogP contribution is -2.47. The van der Waals surface area contributed by atoms with Crippen molar-refractivity contribution in [3.05, 3.63) is 34.9 Å². The van der Waals surface area contributed by atoms with Gasteiger partial charge in [-0.15, -0.1) is 0 Å². The third-order valence-electron chi connectivity index (χ3n) is 2.39. The van der Waals surface area contributed by atoms with Crippen molar-refractivity contribution < 1.29 is 14.7 Å². The molecule has 0 unspecified atom stereocenters. The average molecular weight is 271 g/mol. The van der Waals surface area contributed by atoms with E-state index in [1.54, 1.807) is 24.3 Å². The number of hydrogen-bond donors (Lipinski definition) is 3. The van der Waals surface area contributed by atoms with E-state index in [1.807, 2.05) is 13.8 Å². The molecular weight excluding hydrogens is 256 g/mol. The van der Waals surface area contributed by atoms with Crippen LogP contribution in [0.15, 0.2) is 24.3 Å². The number of nitrogens with one attached hydrogen (secondary N) is 2. The van der Waals surface area contributed by atoms with Crippen LogP contribution >= 0.6 is 11.6 Å². The summed E-state index contributed by atoms with van der Waals surface area (Å²) >= 11 is 5.79. The summed E-state index contributed by atoms with van der Waals surface area (Å²) in [5.74, 6) is -1.09. The molecular formula is C12H15ClN2O3. The van der Waals surface area contributed by atoms with Crippen LogP contribution in [0.3, 0.4) is 0 Å². The van der Waals surface area contributed by atoms with Crippen molar-refractivity contribution in [2.75, 3.05) is 6.54 Å². The van der Waals surface area contributed by atoms with Crippen molar-refractivity contribution in [1.29, 1.82) is 0 Å². The Bertz CT molecular complexity index is 443. The van der Waals surface area contributed by atoms with E-state index in [9.17, 15) is 9.59 Å². The topological polar surface area (TPSA) is 78.4 Å². The van der Waals surface area contributed by atoms with Crippen LogP contribution < -0.4 is 10.6 Å². The summed E-state index contributed by atoms with van der Waals surface area (Å²) in [7, 11) is 0. The number of carbonyl (C=O) groups is 2. The van der Waals surface area contributed by atoms with Crippen molar-refractivity contribution in [2.45, 2.75) is 19.4 Å². The molecule has 0 spiro atoms. The predicted octanol–water partition coefficient (Wildman–Crippen LogP) is 1.96. The van der Waals surface area contributed by atoms with E-state index in [1.165, 1.54) is 0 Å². The summed E-state index contributed by atoms with van der Waals surface area (Å²) in [6.45, 7) is 3.22. The van der Waals surface area contributed by atoms with Gasteiger partial charge in [-0.2, -0.15) is 0 Å². The highest BCUT2D eigenvalue weighted by atomic mass is 35.5. The number of hydrogen-bond acceptors (Lipinski definition) is 2. The van der Waals surface area contributed by atoms with E-state index in [4.69, 9.17) is 16.7 Å². The number of amides is 2. The van der Waals surface area contributed by atoms with E-state index in [-0.39, 0.29) is 0 Å². The molecule has 0 aliphatic heterocycles. The molecule has 0 radical (unpaired) electrons. The third kappa shape index (κ3) is 4.25. The summed E-state index contributed by atoms with van der Waals surface area (Å²) < 4.78 is 0. The van der Waals surface area contributed by atoms with Crippen LogP contribution in [0.1, 0.15) is 19.4 Å². The van der Waals surface area contributed by atoms with Gasteiger partial charge in [0.15, 0.2) is 0 Å². The molecule has 1 aromatic rings. The number of aliphatic carboxylic acids is 1. The molecule has 3 N–H and O–H groups in total. The molecule has 0 aromatic heterocycles. The average Bonchev–Trinajstić information content (AvgIpc) is 2.26. The van der Waals surface area contributed by atoms with Gasteiger partial charge in [0.05, 0.1) is 5.54 Å². The van der Waals surface area contributed by atoms with Crippen molar-refractivity contribution >= 4 is 23.6 Å². The van der Waals surface area contributed by atoms with E-state index >= 15 is 0 Å². The first-order chi connectivity index (χ1) is 8.31. The van der Waals surface area contributed by atoms with Gasteiger partial charge in [0.1, 0.15) is 6.54 Å². The van der Waals surface area contributed by atoms with Crippen LogP contribution in [0.25, 0.3) is 0 Å². The fourth-order valence-electron chi connectivity index (χ4n) is 1.42. The Morgan fingerprint density at radius 3 is 2.33 bits per heavy atom. The maximum absolute atomic E-state index is 11.5. The van der Waals surface area contributed by atoms with Crippen molar-refractivity contribution in [2.24, 2.45) is 0 Å². The van der Waals surface area contributed by atoms with Crippen molar-refractivity contribution in [3.8, 4) is 0 Å². The van der Waals surface area contributed by atoms with Gasteiger partial charge in [-0.1, -0.05) is 23.7 Å². The highest BCUT2D eigenvalue weighted by Crippen LogP contribution is 2.21. The Labute approximate surface area is 110 Å². The Balaban J connectivity index is 2.66. The maximum Gasteiger partial charge on any atom is 0.323 e. The summed E-state index contributed by atoms with van der Waals surface area (Å²) in [6.07, 6.45) is 0. The SMILES string of the molecule is CC(C)(NC(=O)NCC(=O)O)c1ccc(Cl)cc1. The van der Waals surface area contributed by atoms with Gasteiger partial charge < -0.3 is 15.7 Å². The van der Waals surface area contributed by atoms with Crippen LogP contribution in [0.5, 0.6) is 0 Å². The smallest absolute Gasteiger partial charge is 0.323 e. The van der Waals surface area contributed by atoms with Crippen molar-refractivity contribution in [1.82, 2.24) is 10.6 Å². The second-order valence-electron chi connectivity index (χ2n) is 4.33. The zero-order chi connectivity index (χ0) is 13.8. The number of carboxylic acids is 1. The van der Waals surface area contributed by atoms with Gasteiger partial charge in [0, 0.05) is 5.02 Å². The minimum atomic E-state index is -1.09. The molecule has 0 heterocycles. The molecule has 98 valence electrons. The second kappa shape index (κ2) is 5.73. The molecule has 0 bridgehead atoms. The number of urea groups is 1. The molecule has 5 nitrogen and oxygen atoms in total. The summed E-state index contributed by atoms with van der Waals surface area (Å²) in [5, 5.41) is 14.0. The van der Waals surface area contributed by atoms with Crippen molar-refractivity contribution in [3.63, 3.8) is 0 Å². The molecule has 2 amide bonds. The highest BCUT2D eigenvalue weighted by molar-refractivity contribution is 6.30. The molecule has 0 saturated heterocycles. The Morgan fingerprint density at radius 1 is 1.28 bits per heavy atom. The fourth-order valence-corrected chi connectivity index (χ4v) is 1.55. The highest BCUT2D eigenvalue weighted by Gasteiger charge is 2.22. The number of benzene rings is 1. The van der Waals surface area contributed by atoms with Gasteiger partial charge in [-0.3, -0.25) is 4.79 Å². The minimum Gasteiger partial charge on any atom is -0.480 e. The van der Waals surface area contributed by atoms with Crippen LogP contribution in [0, 0.1) is 0 Å². The monoisotopic (exact) mass is 270 g/mol. The van der Waals surface area contributed by atoms with Gasteiger partial charge in [0.25, 0.3) is 0 Å². The van der Waals surface area contributed by atoms with Gasteiger partial charge in [-0.05, 0) is 31.5 Å². The molecule has 1 rings (SSSR count). The predicted molar refractivity (Wildman–Crippen MR) is 68.6 cm³/mol. The summed E-state index contributed by atoms with van der Waals surface area (Å²) in [6, 6.07) is 6.54. The zero-order valence-electron chi connectivity index (χ0n) is 10.2. The van der Waals surface area contributed by atoms with Crippen LogP contribution in [-0.2, 0) is 10.3 Å². The van der Waals surface area contributed by atoms with E-state index < -0.39 is 24.1 Å². The Hall–Kier alpha value is -1.75. The lowest BCUT2D eigenvalue weighted by molar-refractivity contribution is -0.135. The van der Waals surface area contributed by atoms with Gasteiger partial charge in [0.2, 0.25) is 0 Å². The number of carboxylic acid groups (broad SMARTS) is 1. The molecule has 18 heavy (non-hydrogen) atoms. The lowest BCUT2D eigenvalue weighted by Gasteiger charge is -2.26. The van der Waals surface area contributed by atoms with Crippen LogP contribution in [-0.4, -0.2) is 23.7 Å². The van der Waals surface area contributed by atoms with E-state index in [0.717, 1.165) is 5.56 Å².